The largest absolute Gasteiger partial charge is 0.495 e. The molecule has 13 heteroatoms. The Hall–Kier alpha value is -5.09. The first-order valence-corrected chi connectivity index (χ1v) is 13.7. The third kappa shape index (κ3) is 5.70. The fraction of sp³-hybridized carbons (Fsp3) is 0.345. The molecule has 214 valence electrons. The lowest BCUT2D eigenvalue weighted by molar-refractivity contribution is 0.0609. The van der Waals surface area contributed by atoms with Crippen LogP contribution in [0.5, 0.6) is 11.5 Å². The molecular weight excluding hydrogens is 536 g/mol. The van der Waals surface area contributed by atoms with Gasteiger partial charge < -0.3 is 19.7 Å². The number of methoxy groups -OCH3 is 1. The number of aromatic nitrogens is 6. The van der Waals surface area contributed by atoms with Crippen molar-refractivity contribution in [2.75, 3.05) is 38.6 Å². The lowest BCUT2D eigenvalue weighted by Crippen LogP contribution is -2.49. The maximum atomic E-state index is 13.4. The number of rotatable bonds is 9. The molecule has 1 N–H and O–H groups in total. The number of nitrogens with one attached hydrogen (secondary N) is 1. The van der Waals surface area contributed by atoms with Crippen molar-refractivity contribution in [2.24, 2.45) is 0 Å². The molecule has 13 nitrogen and oxygen atoms in total. The number of fused-ring (bicyclic) bond motifs is 2. The Morgan fingerprint density at radius 2 is 1.98 bits per heavy atom. The van der Waals surface area contributed by atoms with Gasteiger partial charge in [-0.3, -0.25) is 9.69 Å². The van der Waals surface area contributed by atoms with Crippen molar-refractivity contribution in [3.63, 3.8) is 0 Å². The first-order valence-electron chi connectivity index (χ1n) is 13.7. The minimum absolute atomic E-state index is 0.0228. The van der Waals surface area contributed by atoms with Crippen LogP contribution in [0.1, 0.15) is 29.3 Å². The second kappa shape index (κ2) is 11.8. The van der Waals surface area contributed by atoms with Crippen LogP contribution < -0.4 is 14.8 Å². The van der Waals surface area contributed by atoms with E-state index >= 15 is 0 Å². The van der Waals surface area contributed by atoms with Gasteiger partial charge in [0.25, 0.3) is 5.91 Å². The number of hydrogen-bond acceptors (Lipinski definition) is 11. The van der Waals surface area contributed by atoms with E-state index in [2.05, 4.69) is 41.8 Å². The van der Waals surface area contributed by atoms with Crippen molar-refractivity contribution in [1.29, 1.82) is 5.26 Å². The number of nitrogens with zero attached hydrogens (tertiary/aromatic N) is 9. The fourth-order valence-electron chi connectivity index (χ4n) is 5.41. The van der Waals surface area contributed by atoms with Gasteiger partial charge in [-0.2, -0.15) is 5.26 Å². The summed E-state index contributed by atoms with van der Waals surface area (Å²) in [6, 6.07) is 13.1. The van der Waals surface area contributed by atoms with E-state index < -0.39 is 0 Å². The molecule has 6 rings (SSSR count). The van der Waals surface area contributed by atoms with Gasteiger partial charge in [0.2, 0.25) is 5.95 Å². The summed E-state index contributed by atoms with van der Waals surface area (Å²) in [4.78, 5) is 26.8. The minimum atomic E-state index is -0.279. The van der Waals surface area contributed by atoms with Gasteiger partial charge in [0.15, 0.2) is 0 Å². The molecule has 2 saturated heterocycles. The molecule has 2 bridgehead atoms. The monoisotopic (exact) mass is 566 g/mol. The van der Waals surface area contributed by atoms with E-state index in [-0.39, 0.29) is 18.1 Å². The Labute approximate surface area is 242 Å². The lowest BCUT2D eigenvalue weighted by atomic mass is 10.1. The van der Waals surface area contributed by atoms with Gasteiger partial charge in [-0.25, -0.2) is 14.6 Å². The SMILES string of the molecule is COc1ccc(C(=O)N2CCN3CCC2C3)cc1Nc1ncc(-c2ccc(C#N)c(OC(C)Cn3cnnn3)c2)cn1. The van der Waals surface area contributed by atoms with Crippen molar-refractivity contribution >= 4 is 17.5 Å². The molecule has 2 aromatic heterocycles. The number of piperazine rings is 1. The molecule has 4 heterocycles. The highest BCUT2D eigenvalue weighted by Gasteiger charge is 2.35. The number of nitriles is 1. The van der Waals surface area contributed by atoms with E-state index in [1.165, 1.54) is 6.33 Å². The third-order valence-electron chi connectivity index (χ3n) is 7.55. The van der Waals surface area contributed by atoms with Crippen molar-refractivity contribution < 1.29 is 14.3 Å². The molecule has 1 amide bonds. The number of benzene rings is 2. The van der Waals surface area contributed by atoms with Crippen LogP contribution in [-0.2, 0) is 6.54 Å². The highest BCUT2D eigenvalue weighted by Crippen LogP contribution is 2.31. The summed E-state index contributed by atoms with van der Waals surface area (Å²) >= 11 is 0. The van der Waals surface area contributed by atoms with Crippen molar-refractivity contribution in [1.82, 2.24) is 40.0 Å². The van der Waals surface area contributed by atoms with Gasteiger partial charge in [-0.05, 0) is 59.7 Å². The highest BCUT2D eigenvalue weighted by molar-refractivity contribution is 5.96. The molecule has 2 aliphatic rings. The van der Waals surface area contributed by atoms with Gasteiger partial charge in [-0.1, -0.05) is 6.07 Å². The first kappa shape index (κ1) is 27.1. The average Bonchev–Trinajstić information content (AvgIpc) is 3.66. The van der Waals surface area contributed by atoms with Gasteiger partial charge in [0.05, 0.1) is 24.9 Å². The van der Waals surface area contributed by atoms with E-state index in [4.69, 9.17) is 9.47 Å². The molecule has 3 atom stereocenters. The molecule has 3 unspecified atom stereocenters. The van der Waals surface area contributed by atoms with E-state index in [0.717, 1.165) is 43.7 Å². The van der Waals surface area contributed by atoms with E-state index in [0.29, 0.717) is 40.8 Å². The zero-order valence-electron chi connectivity index (χ0n) is 23.3. The summed E-state index contributed by atoms with van der Waals surface area (Å²) in [5.74, 6) is 1.40. The van der Waals surface area contributed by atoms with Crippen molar-refractivity contribution in [3.8, 4) is 28.7 Å². The fourth-order valence-corrected chi connectivity index (χ4v) is 5.41. The molecule has 2 aliphatic heterocycles. The molecule has 2 aromatic carbocycles. The summed E-state index contributed by atoms with van der Waals surface area (Å²) in [5, 5.41) is 23.9. The topological polar surface area (TPSA) is 147 Å². The Kier molecular flexibility index (Phi) is 7.61. The second-order valence-corrected chi connectivity index (χ2v) is 10.4. The van der Waals surface area contributed by atoms with Crippen LogP contribution >= 0.6 is 0 Å². The summed E-state index contributed by atoms with van der Waals surface area (Å²) < 4.78 is 13.2. The Morgan fingerprint density at radius 3 is 2.74 bits per heavy atom. The van der Waals surface area contributed by atoms with Gasteiger partial charge >= 0.3 is 0 Å². The third-order valence-corrected chi connectivity index (χ3v) is 7.55. The minimum Gasteiger partial charge on any atom is -0.495 e. The van der Waals surface area contributed by atoms with Crippen LogP contribution in [0.25, 0.3) is 11.1 Å². The molecule has 2 fully saturated rings. The molecular formula is C29H30N10O3. The first-order chi connectivity index (χ1) is 20.5. The van der Waals surface area contributed by atoms with Gasteiger partial charge in [0.1, 0.15) is 30.0 Å². The van der Waals surface area contributed by atoms with Gasteiger partial charge in [-0.15, -0.1) is 5.10 Å². The predicted molar refractivity (Wildman–Crippen MR) is 152 cm³/mol. The van der Waals surface area contributed by atoms with Crippen LogP contribution in [0, 0.1) is 11.3 Å². The zero-order chi connectivity index (χ0) is 29.1. The summed E-state index contributed by atoms with van der Waals surface area (Å²) in [5.41, 5.74) is 3.15. The number of ether oxygens (including phenoxy) is 2. The molecule has 4 aromatic rings. The predicted octanol–water partition coefficient (Wildman–Crippen LogP) is 2.75. The van der Waals surface area contributed by atoms with Crippen molar-refractivity contribution in [2.45, 2.75) is 32.0 Å². The number of tetrazole rings is 1. The van der Waals surface area contributed by atoms with E-state index in [9.17, 15) is 10.1 Å². The summed E-state index contributed by atoms with van der Waals surface area (Å²) in [7, 11) is 1.58. The van der Waals surface area contributed by atoms with Crippen LogP contribution in [0.2, 0.25) is 0 Å². The van der Waals surface area contributed by atoms with Crippen molar-refractivity contribution in [3.05, 3.63) is 66.2 Å². The summed E-state index contributed by atoms with van der Waals surface area (Å²) in [6.07, 6.45) is 5.62. The number of anilines is 2. The Bertz CT molecular complexity index is 1600. The van der Waals surface area contributed by atoms with Crippen LogP contribution in [-0.4, -0.2) is 91.3 Å². The second-order valence-electron chi connectivity index (χ2n) is 10.4. The Morgan fingerprint density at radius 1 is 1.12 bits per heavy atom. The molecule has 0 radical (unpaired) electrons. The standard InChI is InChI=1S/C29H30N10O3/c1-19(16-38-18-33-35-36-38)42-27-12-20(3-4-22(27)13-30)23-14-31-29(32-15-23)34-25-11-21(5-6-26(25)41-2)28(40)39-10-9-37-8-7-24(39)17-37/h3-6,11-12,14-15,18-19,24H,7-10,16-17H2,1-2H3,(H,31,32,34). The van der Waals surface area contributed by atoms with E-state index in [1.54, 1.807) is 54.5 Å². The number of hydrogen-bond donors (Lipinski definition) is 1. The van der Waals surface area contributed by atoms with Crippen LogP contribution in [0.4, 0.5) is 11.6 Å². The summed E-state index contributed by atoms with van der Waals surface area (Å²) in [6.45, 7) is 5.96. The van der Waals surface area contributed by atoms with E-state index in [1.807, 2.05) is 17.9 Å². The molecule has 42 heavy (non-hydrogen) atoms. The number of amides is 1. The Balaban J connectivity index is 1.18. The maximum Gasteiger partial charge on any atom is 0.254 e. The van der Waals surface area contributed by atoms with Gasteiger partial charge in [0, 0.05) is 55.7 Å². The lowest BCUT2D eigenvalue weighted by Gasteiger charge is -2.34. The normalized spacial score (nSPS) is 18.3. The quantitative estimate of drug-likeness (QED) is 0.319. The number of carbonyl (C=O) groups excluding carboxylic acids is 1. The maximum absolute atomic E-state index is 13.4. The average molecular weight is 567 g/mol. The zero-order valence-corrected chi connectivity index (χ0v) is 23.3. The number of carbonyl (C=O) groups is 1. The highest BCUT2D eigenvalue weighted by atomic mass is 16.5. The van der Waals surface area contributed by atoms with Crippen LogP contribution in [0.15, 0.2) is 55.1 Å². The molecule has 0 saturated carbocycles. The molecule has 0 aliphatic carbocycles. The van der Waals surface area contributed by atoms with Crippen LogP contribution in [0.3, 0.4) is 0 Å². The smallest absolute Gasteiger partial charge is 0.254 e. The molecule has 0 spiro atoms.